The van der Waals surface area contributed by atoms with Gasteiger partial charge in [-0.25, -0.2) is 4.98 Å². The van der Waals surface area contributed by atoms with E-state index in [1.807, 2.05) is 11.0 Å². The minimum atomic E-state index is 0.227. The predicted octanol–water partition coefficient (Wildman–Crippen LogP) is 3.42. The van der Waals surface area contributed by atoms with Crippen LogP contribution in [-0.4, -0.2) is 33.4 Å². The Labute approximate surface area is 132 Å². The van der Waals surface area contributed by atoms with Crippen molar-refractivity contribution in [1.82, 2.24) is 14.5 Å². The summed E-state index contributed by atoms with van der Waals surface area (Å²) in [5, 5.41) is 0. The molecule has 22 heavy (non-hydrogen) atoms. The summed E-state index contributed by atoms with van der Waals surface area (Å²) in [7, 11) is 0. The van der Waals surface area contributed by atoms with E-state index >= 15 is 0 Å². The van der Waals surface area contributed by atoms with E-state index in [9.17, 15) is 4.79 Å². The summed E-state index contributed by atoms with van der Waals surface area (Å²) in [4.78, 5) is 19.1. The van der Waals surface area contributed by atoms with Crippen molar-refractivity contribution in [3.63, 3.8) is 0 Å². The number of fused-ring (bicyclic) bond motifs is 1. The Hall–Kier alpha value is -1.84. The monoisotopic (exact) mass is 299 g/mol. The highest BCUT2D eigenvalue weighted by Gasteiger charge is 2.33. The van der Waals surface area contributed by atoms with Gasteiger partial charge in [0.15, 0.2) is 0 Å². The fourth-order valence-corrected chi connectivity index (χ4v) is 3.43. The number of likely N-dealkylation sites (tertiary alicyclic amines) is 1. The van der Waals surface area contributed by atoms with Crippen LogP contribution in [0.2, 0.25) is 0 Å². The van der Waals surface area contributed by atoms with Crippen LogP contribution >= 0.6 is 0 Å². The van der Waals surface area contributed by atoms with Crippen molar-refractivity contribution in [2.75, 3.05) is 13.1 Å². The van der Waals surface area contributed by atoms with Crippen molar-refractivity contribution >= 4 is 16.9 Å². The Kier molecular flexibility index (Phi) is 4.19. The number of benzene rings is 1. The standard InChI is InChI=1S/C18H25N3O/c1-4-9-21-16-8-6-5-7-15(16)19-18(21)14-10-17(22)20(12-14)11-13(2)3/h5-8,13-14H,4,9-12H2,1-3H3. The lowest BCUT2D eigenvalue weighted by Gasteiger charge is -2.19. The molecule has 4 heteroatoms. The second-order valence-corrected chi connectivity index (χ2v) is 6.70. The van der Waals surface area contributed by atoms with Crippen molar-refractivity contribution in [3.05, 3.63) is 30.1 Å². The van der Waals surface area contributed by atoms with Gasteiger partial charge in [-0.3, -0.25) is 4.79 Å². The molecule has 118 valence electrons. The highest BCUT2D eigenvalue weighted by atomic mass is 16.2. The third kappa shape index (κ3) is 2.74. The third-order valence-electron chi connectivity index (χ3n) is 4.30. The average molecular weight is 299 g/mol. The van der Waals surface area contributed by atoms with E-state index in [4.69, 9.17) is 4.98 Å². The first-order valence-corrected chi connectivity index (χ1v) is 8.33. The summed E-state index contributed by atoms with van der Waals surface area (Å²) in [5.74, 6) is 2.10. The van der Waals surface area contributed by atoms with Gasteiger partial charge in [0.1, 0.15) is 5.82 Å². The summed E-state index contributed by atoms with van der Waals surface area (Å²) >= 11 is 0. The molecule has 2 heterocycles. The molecule has 0 spiro atoms. The van der Waals surface area contributed by atoms with Crippen LogP contribution in [0, 0.1) is 5.92 Å². The van der Waals surface area contributed by atoms with Crippen LogP contribution in [0.4, 0.5) is 0 Å². The second kappa shape index (κ2) is 6.11. The Morgan fingerprint density at radius 3 is 2.82 bits per heavy atom. The number of hydrogen-bond acceptors (Lipinski definition) is 2. The van der Waals surface area contributed by atoms with E-state index in [1.54, 1.807) is 0 Å². The molecule has 1 unspecified atom stereocenters. The minimum Gasteiger partial charge on any atom is -0.342 e. The van der Waals surface area contributed by atoms with Crippen molar-refractivity contribution < 1.29 is 4.79 Å². The van der Waals surface area contributed by atoms with Crippen molar-refractivity contribution in [3.8, 4) is 0 Å². The third-order valence-corrected chi connectivity index (χ3v) is 4.30. The molecule has 0 aliphatic carbocycles. The molecule has 1 aliphatic heterocycles. The van der Waals surface area contributed by atoms with E-state index in [1.165, 1.54) is 5.52 Å². The SMILES string of the molecule is CCCn1c(C2CC(=O)N(CC(C)C)C2)nc2ccccc21. The number of hydrogen-bond donors (Lipinski definition) is 0. The van der Waals surface area contributed by atoms with E-state index in [-0.39, 0.29) is 11.8 Å². The molecule has 0 N–H and O–H groups in total. The Morgan fingerprint density at radius 2 is 2.09 bits per heavy atom. The quantitative estimate of drug-likeness (QED) is 0.848. The predicted molar refractivity (Wildman–Crippen MR) is 88.8 cm³/mol. The first-order chi connectivity index (χ1) is 10.6. The first kappa shape index (κ1) is 15.1. The van der Waals surface area contributed by atoms with E-state index in [0.29, 0.717) is 12.3 Å². The lowest BCUT2D eigenvalue weighted by molar-refractivity contribution is -0.128. The highest BCUT2D eigenvalue weighted by Crippen LogP contribution is 2.30. The molecular formula is C18H25N3O. The molecule has 1 amide bonds. The Bertz CT molecular complexity index is 674. The van der Waals surface area contributed by atoms with Crippen LogP contribution in [0.25, 0.3) is 11.0 Å². The molecular weight excluding hydrogens is 274 g/mol. The zero-order chi connectivity index (χ0) is 15.7. The van der Waals surface area contributed by atoms with Gasteiger partial charge in [-0.2, -0.15) is 0 Å². The van der Waals surface area contributed by atoms with Gasteiger partial charge in [-0.15, -0.1) is 0 Å². The van der Waals surface area contributed by atoms with E-state index in [2.05, 4.69) is 43.5 Å². The number of carbonyl (C=O) groups is 1. The van der Waals surface area contributed by atoms with Gasteiger partial charge in [0.25, 0.3) is 0 Å². The lowest BCUT2D eigenvalue weighted by Crippen LogP contribution is -2.29. The topological polar surface area (TPSA) is 38.1 Å². The van der Waals surface area contributed by atoms with Gasteiger partial charge in [0.2, 0.25) is 5.91 Å². The van der Waals surface area contributed by atoms with Gasteiger partial charge < -0.3 is 9.47 Å². The summed E-state index contributed by atoms with van der Waals surface area (Å²) < 4.78 is 2.31. The number of imidazole rings is 1. The normalized spacial score (nSPS) is 18.8. The molecule has 0 saturated carbocycles. The molecule has 4 nitrogen and oxygen atoms in total. The first-order valence-electron chi connectivity index (χ1n) is 8.33. The number of aryl methyl sites for hydroxylation is 1. The van der Waals surface area contributed by atoms with Crippen LogP contribution in [0.15, 0.2) is 24.3 Å². The number of rotatable bonds is 5. The second-order valence-electron chi connectivity index (χ2n) is 6.70. The summed E-state index contributed by atoms with van der Waals surface area (Å²) in [6.45, 7) is 9.13. The molecule has 0 radical (unpaired) electrons. The largest absolute Gasteiger partial charge is 0.342 e. The van der Waals surface area contributed by atoms with E-state index in [0.717, 1.165) is 37.4 Å². The maximum absolute atomic E-state index is 12.3. The number of para-hydroxylation sites is 2. The smallest absolute Gasteiger partial charge is 0.223 e. The van der Waals surface area contributed by atoms with Gasteiger partial charge in [0, 0.05) is 32.0 Å². The highest BCUT2D eigenvalue weighted by molar-refractivity contribution is 5.80. The fourth-order valence-electron chi connectivity index (χ4n) is 3.43. The lowest BCUT2D eigenvalue weighted by atomic mass is 10.1. The minimum absolute atomic E-state index is 0.227. The zero-order valence-electron chi connectivity index (χ0n) is 13.7. The van der Waals surface area contributed by atoms with Crippen molar-refractivity contribution in [2.24, 2.45) is 5.92 Å². The van der Waals surface area contributed by atoms with Gasteiger partial charge in [-0.05, 0) is 24.5 Å². The van der Waals surface area contributed by atoms with E-state index < -0.39 is 0 Å². The Morgan fingerprint density at radius 1 is 1.32 bits per heavy atom. The molecule has 2 aromatic rings. The van der Waals surface area contributed by atoms with Crippen LogP contribution in [0.5, 0.6) is 0 Å². The fraction of sp³-hybridized carbons (Fsp3) is 0.556. The van der Waals surface area contributed by atoms with Crippen LogP contribution in [-0.2, 0) is 11.3 Å². The molecule has 1 atom stereocenters. The Balaban J connectivity index is 1.93. The van der Waals surface area contributed by atoms with Crippen molar-refractivity contribution in [2.45, 2.75) is 46.1 Å². The maximum Gasteiger partial charge on any atom is 0.223 e. The average Bonchev–Trinajstić information content (AvgIpc) is 3.01. The van der Waals surface area contributed by atoms with Crippen LogP contribution < -0.4 is 0 Å². The summed E-state index contributed by atoms with van der Waals surface area (Å²) in [6.07, 6.45) is 1.67. The van der Waals surface area contributed by atoms with Crippen LogP contribution in [0.1, 0.15) is 45.4 Å². The van der Waals surface area contributed by atoms with Crippen molar-refractivity contribution in [1.29, 1.82) is 0 Å². The number of aromatic nitrogens is 2. The molecule has 1 aliphatic rings. The molecule has 3 rings (SSSR count). The maximum atomic E-state index is 12.3. The number of amides is 1. The summed E-state index contributed by atoms with van der Waals surface area (Å²) in [5.41, 5.74) is 2.23. The molecule has 0 bridgehead atoms. The molecule has 1 fully saturated rings. The zero-order valence-corrected chi connectivity index (χ0v) is 13.7. The van der Waals surface area contributed by atoms with Gasteiger partial charge in [-0.1, -0.05) is 32.9 Å². The number of carbonyl (C=O) groups excluding carboxylic acids is 1. The van der Waals surface area contributed by atoms with Crippen LogP contribution in [0.3, 0.4) is 0 Å². The molecule has 1 saturated heterocycles. The van der Waals surface area contributed by atoms with Gasteiger partial charge in [0.05, 0.1) is 11.0 Å². The summed E-state index contributed by atoms with van der Waals surface area (Å²) in [6, 6.07) is 8.28. The molecule has 1 aromatic heterocycles. The number of nitrogens with zero attached hydrogens (tertiary/aromatic N) is 3. The molecule has 1 aromatic carbocycles. The van der Waals surface area contributed by atoms with Gasteiger partial charge >= 0.3 is 0 Å².